The molecule has 2 aliphatic rings. The third-order valence-corrected chi connectivity index (χ3v) is 6.10. The van der Waals surface area contributed by atoms with E-state index < -0.39 is 6.04 Å². The molecule has 2 aromatic carbocycles. The Morgan fingerprint density at radius 2 is 1.77 bits per heavy atom. The van der Waals surface area contributed by atoms with Gasteiger partial charge < -0.3 is 4.42 Å². The maximum absolute atomic E-state index is 13.1. The fraction of sp³-hybridized carbons (Fsp3) is 0.348. The third-order valence-electron chi connectivity index (χ3n) is 6.10. The lowest BCUT2D eigenvalue weighted by Gasteiger charge is -2.33. The number of benzene rings is 2. The first-order valence-electron chi connectivity index (χ1n) is 10.3. The highest BCUT2D eigenvalue weighted by atomic mass is 19.1. The Morgan fingerprint density at radius 1 is 1.03 bits per heavy atom. The highest BCUT2D eigenvalue weighted by Gasteiger charge is 2.43. The number of aromatic nitrogens is 1. The average molecular weight is 407 g/mol. The first-order chi connectivity index (χ1) is 14.6. The Balaban J connectivity index is 1.23. The van der Waals surface area contributed by atoms with Crippen molar-refractivity contribution in [3.8, 4) is 0 Å². The number of hydrogen-bond donors (Lipinski definition) is 0. The number of carbonyl (C=O) groups excluding carboxylic acids is 2. The van der Waals surface area contributed by atoms with Gasteiger partial charge in [-0.05, 0) is 55.8 Å². The fourth-order valence-corrected chi connectivity index (χ4v) is 4.41. The molecule has 1 atom stereocenters. The second-order valence-corrected chi connectivity index (χ2v) is 7.99. The van der Waals surface area contributed by atoms with Crippen LogP contribution in [0.5, 0.6) is 0 Å². The number of rotatable bonds is 4. The summed E-state index contributed by atoms with van der Waals surface area (Å²) in [5.74, 6) is 0.302. The van der Waals surface area contributed by atoms with Crippen molar-refractivity contribution in [3.05, 3.63) is 65.8 Å². The predicted octanol–water partition coefficient (Wildman–Crippen LogP) is 3.47. The molecule has 1 aromatic heterocycles. The van der Waals surface area contributed by atoms with Crippen molar-refractivity contribution < 1.29 is 18.4 Å². The summed E-state index contributed by atoms with van der Waals surface area (Å²) in [7, 11) is 0. The van der Waals surface area contributed by atoms with Gasteiger partial charge in [0.05, 0.1) is 19.0 Å². The normalized spacial score (nSPS) is 21.1. The summed E-state index contributed by atoms with van der Waals surface area (Å²) in [6.45, 7) is 1.63. The van der Waals surface area contributed by atoms with Gasteiger partial charge in [-0.1, -0.05) is 24.3 Å². The van der Waals surface area contributed by atoms with Crippen molar-refractivity contribution in [2.75, 3.05) is 13.1 Å². The minimum absolute atomic E-state index is 0.162. The van der Waals surface area contributed by atoms with Gasteiger partial charge in [0.15, 0.2) is 11.5 Å². The topological polar surface area (TPSA) is 66.7 Å². The first-order valence-corrected chi connectivity index (χ1v) is 10.3. The molecule has 7 heteroatoms. The van der Waals surface area contributed by atoms with Gasteiger partial charge >= 0.3 is 0 Å². The van der Waals surface area contributed by atoms with Crippen molar-refractivity contribution in [3.63, 3.8) is 0 Å². The number of imide groups is 1. The zero-order valence-corrected chi connectivity index (χ0v) is 16.5. The van der Waals surface area contributed by atoms with Gasteiger partial charge in [-0.3, -0.25) is 19.4 Å². The maximum atomic E-state index is 13.1. The number of halogens is 1. The minimum Gasteiger partial charge on any atom is -0.440 e. The molecule has 0 N–H and O–H groups in total. The van der Waals surface area contributed by atoms with Crippen LogP contribution in [-0.4, -0.2) is 45.7 Å². The van der Waals surface area contributed by atoms with Gasteiger partial charge in [-0.2, -0.15) is 0 Å². The molecule has 0 saturated carbocycles. The standard InChI is InChI=1S/C23H22FN3O3/c24-17-7-5-15(6-8-17)14-27-21(28)13-19(23(27)29)26-11-9-16(10-12-26)22-25-18-3-1-2-4-20(18)30-22/h1-8,16,19H,9-14H2. The summed E-state index contributed by atoms with van der Waals surface area (Å²) in [6.07, 6.45) is 1.87. The van der Waals surface area contributed by atoms with E-state index >= 15 is 0 Å². The molecular weight excluding hydrogens is 385 g/mol. The predicted molar refractivity (Wildman–Crippen MR) is 108 cm³/mol. The number of oxazole rings is 1. The van der Waals surface area contributed by atoms with Crippen LogP contribution in [0.15, 0.2) is 52.9 Å². The Hall–Kier alpha value is -3.06. The van der Waals surface area contributed by atoms with E-state index in [0.29, 0.717) is 0 Å². The van der Waals surface area contributed by atoms with Gasteiger partial charge in [0.25, 0.3) is 0 Å². The van der Waals surface area contributed by atoms with Crippen LogP contribution < -0.4 is 0 Å². The van der Waals surface area contributed by atoms with Gasteiger partial charge in [-0.25, -0.2) is 9.37 Å². The van der Waals surface area contributed by atoms with E-state index in [1.54, 1.807) is 12.1 Å². The number of likely N-dealkylation sites (tertiary alicyclic amines) is 2. The third kappa shape index (κ3) is 3.50. The highest BCUT2D eigenvalue weighted by Crippen LogP contribution is 2.32. The van der Waals surface area contributed by atoms with Crippen LogP contribution in [0.25, 0.3) is 11.1 Å². The molecular formula is C23H22FN3O3. The maximum Gasteiger partial charge on any atom is 0.247 e. The van der Waals surface area contributed by atoms with Crippen molar-refractivity contribution in [1.29, 1.82) is 0 Å². The van der Waals surface area contributed by atoms with E-state index in [4.69, 9.17) is 4.42 Å². The van der Waals surface area contributed by atoms with E-state index in [9.17, 15) is 14.0 Å². The Labute approximate surface area is 173 Å². The number of para-hydroxylation sites is 2. The Bertz CT molecular complexity index is 1050. The SMILES string of the molecule is O=C1CC(N2CCC(c3nc4ccccc4o3)CC2)C(=O)N1Cc1ccc(F)cc1. The monoisotopic (exact) mass is 407 g/mol. The van der Waals surface area contributed by atoms with Crippen molar-refractivity contribution in [2.24, 2.45) is 0 Å². The van der Waals surface area contributed by atoms with Gasteiger partial charge in [0, 0.05) is 5.92 Å². The summed E-state index contributed by atoms with van der Waals surface area (Å²) in [5, 5.41) is 0. The van der Waals surface area contributed by atoms with E-state index in [1.165, 1.54) is 17.0 Å². The number of nitrogens with zero attached hydrogens (tertiary/aromatic N) is 3. The van der Waals surface area contributed by atoms with Crippen molar-refractivity contribution in [1.82, 2.24) is 14.8 Å². The largest absolute Gasteiger partial charge is 0.440 e. The fourth-order valence-electron chi connectivity index (χ4n) is 4.41. The van der Waals surface area contributed by atoms with E-state index in [-0.39, 0.29) is 36.5 Å². The van der Waals surface area contributed by atoms with E-state index in [0.717, 1.165) is 48.5 Å². The molecule has 154 valence electrons. The summed E-state index contributed by atoms with van der Waals surface area (Å²) >= 11 is 0. The zero-order chi connectivity index (χ0) is 20.7. The van der Waals surface area contributed by atoms with Crippen LogP contribution in [0.3, 0.4) is 0 Å². The second kappa shape index (κ2) is 7.65. The van der Waals surface area contributed by atoms with Gasteiger partial charge in [-0.15, -0.1) is 0 Å². The summed E-state index contributed by atoms with van der Waals surface area (Å²) in [6, 6.07) is 13.2. The summed E-state index contributed by atoms with van der Waals surface area (Å²) in [5.41, 5.74) is 2.40. The molecule has 0 aliphatic carbocycles. The van der Waals surface area contributed by atoms with Crippen LogP contribution in [0.4, 0.5) is 4.39 Å². The number of hydrogen-bond acceptors (Lipinski definition) is 5. The molecule has 2 fully saturated rings. The number of piperidine rings is 1. The molecule has 2 aliphatic heterocycles. The first kappa shape index (κ1) is 18.9. The molecule has 5 rings (SSSR count). The average Bonchev–Trinajstić information content (AvgIpc) is 3.32. The number of carbonyl (C=O) groups is 2. The zero-order valence-electron chi connectivity index (χ0n) is 16.5. The Morgan fingerprint density at radius 3 is 2.50 bits per heavy atom. The molecule has 0 spiro atoms. The molecule has 3 heterocycles. The summed E-state index contributed by atoms with van der Waals surface area (Å²) < 4.78 is 19.0. The molecule has 6 nitrogen and oxygen atoms in total. The molecule has 0 radical (unpaired) electrons. The van der Waals surface area contributed by atoms with Crippen molar-refractivity contribution in [2.45, 2.75) is 37.8 Å². The van der Waals surface area contributed by atoms with E-state index in [1.807, 2.05) is 24.3 Å². The van der Waals surface area contributed by atoms with Crippen molar-refractivity contribution >= 4 is 22.9 Å². The lowest BCUT2D eigenvalue weighted by molar-refractivity contribution is -0.140. The molecule has 2 saturated heterocycles. The molecule has 0 bridgehead atoms. The lowest BCUT2D eigenvalue weighted by atomic mass is 9.95. The van der Waals surface area contributed by atoms with Crippen LogP contribution in [-0.2, 0) is 16.1 Å². The van der Waals surface area contributed by atoms with Gasteiger partial charge in [0.1, 0.15) is 11.3 Å². The molecule has 1 unspecified atom stereocenters. The van der Waals surface area contributed by atoms with Crippen LogP contribution in [0.1, 0.15) is 36.6 Å². The molecule has 3 aromatic rings. The smallest absolute Gasteiger partial charge is 0.247 e. The molecule has 30 heavy (non-hydrogen) atoms. The minimum atomic E-state index is -0.414. The van der Waals surface area contributed by atoms with Crippen LogP contribution >= 0.6 is 0 Å². The number of fused-ring (bicyclic) bond motifs is 1. The number of amides is 2. The van der Waals surface area contributed by atoms with Crippen LogP contribution in [0.2, 0.25) is 0 Å². The lowest BCUT2D eigenvalue weighted by Crippen LogP contribution is -2.45. The quantitative estimate of drug-likeness (QED) is 0.620. The van der Waals surface area contributed by atoms with E-state index in [2.05, 4.69) is 9.88 Å². The molecule has 2 amide bonds. The highest BCUT2D eigenvalue weighted by molar-refractivity contribution is 6.05. The Kier molecular flexibility index (Phi) is 4.83. The van der Waals surface area contributed by atoms with Crippen LogP contribution in [0, 0.1) is 5.82 Å². The van der Waals surface area contributed by atoms with Gasteiger partial charge in [0.2, 0.25) is 11.8 Å². The second-order valence-electron chi connectivity index (χ2n) is 7.99. The summed E-state index contributed by atoms with van der Waals surface area (Å²) in [4.78, 5) is 33.4.